The van der Waals surface area contributed by atoms with Crippen molar-refractivity contribution >= 4 is 31.6 Å². The summed E-state index contributed by atoms with van der Waals surface area (Å²) in [6.45, 7) is 0.182. The predicted octanol–water partition coefficient (Wildman–Crippen LogP) is 3.47. The molecule has 1 aromatic heterocycles. The molecule has 1 fully saturated rings. The van der Waals surface area contributed by atoms with Gasteiger partial charge in [-0.2, -0.15) is 0 Å². The highest BCUT2D eigenvalue weighted by Crippen LogP contribution is 2.49. The van der Waals surface area contributed by atoms with Gasteiger partial charge in [0.1, 0.15) is 18.5 Å². The standard InChI is InChI=1S/C21H22F3N4O9P/c1-2-34-21(31)37-38(32,33)28(16-5-8-35-25-16)11-13-10-27(20(30)36-13)15-9-14(22)19(18(24)17(15)23)26-6-3-12(29)4-7-26/h3,5-6,8,13-14H,2,4,7,9-11H2,1H3,(H,32,33). The lowest BCUT2D eigenvalue weighted by molar-refractivity contribution is -0.115. The van der Waals surface area contributed by atoms with Gasteiger partial charge in [-0.1, -0.05) is 5.16 Å². The summed E-state index contributed by atoms with van der Waals surface area (Å²) in [5, 5.41) is 3.52. The van der Waals surface area contributed by atoms with Crippen LogP contribution in [0.5, 0.6) is 0 Å². The van der Waals surface area contributed by atoms with Crippen LogP contribution in [0.25, 0.3) is 0 Å². The minimum atomic E-state index is -4.98. The lowest BCUT2D eigenvalue weighted by atomic mass is 10.0. The van der Waals surface area contributed by atoms with E-state index in [1.807, 2.05) is 0 Å². The zero-order chi connectivity index (χ0) is 27.6. The van der Waals surface area contributed by atoms with Gasteiger partial charge in [-0.25, -0.2) is 32.0 Å². The average molecular weight is 562 g/mol. The number of ether oxygens (including phenoxy) is 2. The molecule has 3 atom stereocenters. The van der Waals surface area contributed by atoms with Crippen LogP contribution in [0, 0.1) is 0 Å². The molecule has 2 aliphatic heterocycles. The van der Waals surface area contributed by atoms with Gasteiger partial charge in [-0.15, -0.1) is 0 Å². The van der Waals surface area contributed by atoms with Crippen LogP contribution < -0.4 is 4.67 Å². The maximum atomic E-state index is 15.1. The summed E-state index contributed by atoms with van der Waals surface area (Å²) in [5.41, 5.74) is -1.22. The molecule has 1 amide bonds. The highest BCUT2D eigenvalue weighted by atomic mass is 31.2. The van der Waals surface area contributed by atoms with Crippen molar-refractivity contribution in [3.63, 3.8) is 0 Å². The molecule has 38 heavy (non-hydrogen) atoms. The predicted molar refractivity (Wildman–Crippen MR) is 120 cm³/mol. The Morgan fingerprint density at radius 3 is 2.74 bits per heavy atom. The number of hydrogen-bond acceptors (Lipinski definition) is 10. The fourth-order valence-corrected chi connectivity index (χ4v) is 5.11. The molecule has 1 saturated heterocycles. The third-order valence-electron chi connectivity index (χ3n) is 5.71. The molecule has 3 aliphatic rings. The molecule has 0 saturated carbocycles. The van der Waals surface area contributed by atoms with E-state index in [9.17, 15) is 28.2 Å². The lowest BCUT2D eigenvalue weighted by Gasteiger charge is -2.32. The van der Waals surface area contributed by atoms with Gasteiger partial charge in [0.05, 0.1) is 31.1 Å². The normalized spacial score (nSPS) is 23.5. The van der Waals surface area contributed by atoms with Gasteiger partial charge in [-0.05, 0) is 13.0 Å². The molecule has 1 aromatic rings. The maximum absolute atomic E-state index is 15.1. The zero-order valence-corrected chi connectivity index (χ0v) is 20.7. The minimum Gasteiger partial charge on any atom is -0.442 e. The van der Waals surface area contributed by atoms with E-state index in [0.29, 0.717) is 9.57 Å². The first-order valence-corrected chi connectivity index (χ1v) is 12.8. The molecular formula is C21H22F3N4O9P. The smallest absolute Gasteiger partial charge is 0.442 e. The number of amides is 1. The van der Waals surface area contributed by atoms with Gasteiger partial charge in [0.2, 0.25) is 0 Å². The number of hydrogen-bond donors (Lipinski definition) is 1. The molecule has 3 unspecified atom stereocenters. The average Bonchev–Trinajstić information content (AvgIpc) is 3.50. The van der Waals surface area contributed by atoms with E-state index in [0.717, 1.165) is 29.5 Å². The van der Waals surface area contributed by atoms with Gasteiger partial charge < -0.3 is 23.4 Å². The van der Waals surface area contributed by atoms with Gasteiger partial charge in [-0.3, -0.25) is 14.6 Å². The Bertz CT molecular complexity index is 1250. The van der Waals surface area contributed by atoms with Crippen molar-refractivity contribution in [1.29, 1.82) is 0 Å². The first kappa shape index (κ1) is 27.3. The highest BCUT2D eigenvalue weighted by Gasteiger charge is 2.45. The molecule has 17 heteroatoms. The second-order valence-electron chi connectivity index (χ2n) is 8.18. The van der Waals surface area contributed by atoms with Crippen LogP contribution in [0.1, 0.15) is 19.8 Å². The second kappa shape index (κ2) is 10.9. The van der Waals surface area contributed by atoms with Crippen LogP contribution in [0.15, 0.2) is 52.2 Å². The second-order valence-corrected chi connectivity index (χ2v) is 9.82. The van der Waals surface area contributed by atoms with Gasteiger partial charge in [0, 0.05) is 31.7 Å². The zero-order valence-electron chi connectivity index (χ0n) is 19.8. The van der Waals surface area contributed by atoms with Crippen LogP contribution >= 0.6 is 7.75 Å². The summed E-state index contributed by atoms with van der Waals surface area (Å²) in [4.78, 5) is 47.7. The lowest BCUT2D eigenvalue weighted by Crippen LogP contribution is -2.36. The Labute approximate surface area is 213 Å². The molecule has 0 aromatic carbocycles. The Kier molecular flexibility index (Phi) is 7.83. The monoisotopic (exact) mass is 562 g/mol. The van der Waals surface area contributed by atoms with Gasteiger partial charge in [0.15, 0.2) is 23.3 Å². The molecule has 1 N–H and O–H groups in total. The van der Waals surface area contributed by atoms with Crippen molar-refractivity contribution in [2.75, 3.05) is 30.9 Å². The highest BCUT2D eigenvalue weighted by molar-refractivity contribution is 7.55. The van der Waals surface area contributed by atoms with E-state index >= 15 is 8.78 Å². The fourth-order valence-electron chi connectivity index (χ4n) is 4.02. The Morgan fingerprint density at radius 2 is 2.11 bits per heavy atom. The van der Waals surface area contributed by atoms with Gasteiger partial charge >= 0.3 is 20.0 Å². The number of nitrogens with zero attached hydrogens (tertiary/aromatic N) is 4. The van der Waals surface area contributed by atoms with Crippen molar-refractivity contribution in [2.24, 2.45) is 0 Å². The molecule has 1 aliphatic carbocycles. The number of cyclic esters (lactones) is 1. The SMILES string of the molecule is CCOC(=O)OP(=O)(O)N(CC1CN(C2=C(F)C(F)=C(N3C=CC(=O)CC3)C(F)C2)C(=O)O1)c1ccon1. The van der Waals surface area contributed by atoms with Crippen molar-refractivity contribution in [1.82, 2.24) is 15.0 Å². The van der Waals surface area contributed by atoms with E-state index in [1.54, 1.807) is 0 Å². The quantitative estimate of drug-likeness (QED) is 0.365. The number of alkyl halides is 1. The van der Waals surface area contributed by atoms with Crippen LogP contribution in [-0.2, 0) is 23.4 Å². The van der Waals surface area contributed by atoms with E-state index in [4.69, 9.17) is 4.74 Å². The van der Waals surface area contributed by atoms with E-state index in [-0.39, 0.29) is 31.2 Å². The Balaban J connectivity index is 1.55. The number of ketones is 1. The van der Waals surface area contributed by atoms with E-state index in [2.05, 4.69) is 18.9 Å². The first-order valence-electron chi connectivity index (χ1n) is 11.3. The molecule has 206 valence electrons. The molecule has 0 radical (unpaired) electrons. The van der Waals surface area contributed by atoms with Crippen LogP contribution in [0.4, 0.5) is 28.6 Å². The van der Waals surface area contributed by atoms with Crippen molar-refractivity contribution in [2.45, 2.75) is 32.0 Å². The van der Waals surface area contributed by atoms with Crippen LogP contribution in [0.3, 0.4) is 0 Å². The largest absolute Gasteiger partial charge is 0.516 e. The number of anilines is 1. The number of aromatic nitrogens is 1. The first-order chi connectivity index (χ1) is 18.0. The summed E-state index contributed by atoms with van der Waals surface area (Å²) < 4.78 is 77.2. The number of halogens is 3. The maximum Gasteiger partial charge on any atom is 0.516 e. The summed E-state index contributed by atoms with van der Waals surface area (Å²) in [6.07, 6.45) is -3.29. The van der Waals surface area contributed by atoms with Crippen molar-refractivity contribution in [3.8, 4) is 0 Å². The fraction of sp³-hybridized carbons (Fsp3) is 0.429. The molecule has 0 bridgehead atoms. The van der Waals surface area contributed by atoms with Crippen molar-refractivity contribution < 1.29 is 55.5 Å². The topological polar surface area (TPSA) is 152 Å². The number of allylic oxidation sites excluding steroid dienone is 5. The molecule has 13 nitrogen and oxygen atoms in total. The summed E-state index contributed by atoms with van der Waals surface area (Å²) >= 11 is 0. The van der Waals surface area contributed by atoms with Crippen molar-refractivity contribution in [3.05, 3.63) is 47.7 Å². The Morgan fingerprint density at radius 1 is 1.34 bits per heavy atom. The molecule has 4 rings (SSSR count). The summed E-state index contributed by atoms with van der Waals surface area (Å²) in [5.74, 6) is -3.52. The third-order valence-corrected chi connectivity index (χ3v) is 7.08. The number of rotatable bonds is 8. The minimum absolute atomic E-state index is 0.00502. The van der Waals surface area contributed by atoms with E-state index < -0.39 is 74.8 Å². The number of carbonyl (C=O) groups excluding carboxylic acids is 3. The summed E-state index contributed by atoms with van der Waals surface area (Å²) in [7, 11) is -4.98. The Hall–Kier alpha value is -3.78. The third kappa shape index (κ3) is 5.55. The van der Waals surface area contributed by atoms with Crippen LogP contribution in [-0.4, -0.2) is 76.4 Å². The van der Waals surface area contributed by atoms with Crippen LogP contribution in [0.2, 0.25) is 0 Å². The number of carbonyl (C=O) groups is 3. The molecular weight excluding hydrogens is 540 g/mol. The molecule has 0 spiro atoms. The van der Waals surface area contributed by atoms with E-state index in [1.165, 1.54) is 6.92 Å². The molecule has 3 heterocycles. The summed E-state index contributed by atoms with van der Waals surface area (Å²) in [6, 6.07) is 1.16. The van der Waals surface area contributed by atoms with Gasteiger partial charge in [0.25, 0.3) is 0 Å².